The number of rotatable bonds is 19. The van der Waals surface area contributed by atoms with E-state index in [-0.39, 0.29) is 51.0 Å². The number of ether oxygens (including phenoxy) is 2. The van der Waals surface area contributed by atoms with Crippen LogP contribution in [0.15, 0.2) is 127 Å². The third kappa shape index (κ3) is 13.7. The van der Waals surface area contributed by atoms with Crippen LogP contribution in [0.25, 0.3) is 21.6 Å². The van der Waals surface area contributed by atoms with E-state index in [9.17, 15) is 24.3 Å². The largest absolute Gasteiger partial charge is 0.492 e. The average molecular weight is 926 g/mol. The molecule has 0 bridgehead atoms. The molecule has 0 spiro atoms. The van der Waals surface area contributed by atoms with E-state index in [0.717, 1.165) is 39.2 Å². The SMILES string of the molecule is CC/C(=C(\c1ccccc1)c1ccc(OCCN(C)C(=O)OCC=CCCC(=O)N[C@H](C(=O)N2C[C@H](O)C[C@H]2C(=O)NCc2ccc(-c3scnc3C)cc2)C(C)(C)C)cc1)c1ccccc1. The highest BCUT2D eigenvalue weighted by atomic mass is 32.1. The highest BCUT2D eigenvalue weighted by Gasteiger charge is 2.44. The van der Waals surface area contributed by atoms with Crippen molar-refractivity contribution in [2.75, 3.05) is 33.4 Å². The molecule has 0 radical (unpaired) electrons. The number of β-amino-alcohol motifs (C(OH)–C–C–N with tert-alkyl or cyclic N) is 1. The van der Waals surface area contributed by atoms with Crippen LogP contribution in [-0.2, 0) is 25.7 Å². The summed E-state index contributed by atoms with van der Waals surface area (Å²) in [6.07, 6.45) is 3.46. The second kappa shape index (κ2) is 23.7. The smallest absolute Gasteiger partial charge is 0.409 e. The number of allylic oxidation sites excluding steroid dienone is 2. The summed E-state index contributed by atoms with van der Waals surface area (Å²) in [5.41, 5.74) is 9.90. The maximum absolute atomic E-state index is 14.0. The summed E-state index contributed by atoms with van der Waals surface area (Å²) in [5, 5.41) is 16.4. The lowest BCUT2D eigenvalue weighted by Gasteiger charge is -2.35. The first-order chi connectivity index (χ1) is 32.2. The molecular formula is C54H63N5O7S. The molecule has 4 aromatic carbocycles. The molecule has 0 unspecified atom stereocenters. The lowest BCUT2D eigenvalue weighted by atomic mass is 9.85. The zero-order chi connectivity index (χ0) is 47.9. The molecule has 3 N–H and O–H groups in total. The Balaban J connectivity index is 0.920. The number of benzene rings is 4. The highest BCUT2D eigenvalue weighted by molar-refractivity contribution is 7.13. The number of aromatic nitrogens is 1. The maximum Gasteiger partial charge on any atom is 0.409 e. The first kappa shape index (κ1) is 49.9. The van der Waals surface area contributed by atoms with Gasteiger partial charge in [0.2, 0.25) is 17.7 Å². The predicted octanol–water partition coefficient (Wildman–Crippen LogP) is 9.08. The van der Waals surface area contributed by atoms with Crippen LogP contribution in [0.1, 0.15) is 81.3 Å². The van der Waals surface area contributed by atoms with Gasteiger partial charge in [-0.3, -0.25) is 14.4 Å². The van der Waals surface area contributed by atoms with E-state index in [0.29, 0.717) is 18.7 Å². The molecule has 1 fully saturated rings. The van der Waals surface area contributed by atoms with Crippen LogP contribution in [0.4, 0.5) is 4.79 Å². The number of amides is 4. The van der Waals surface area contributed by atoms with Crippen molar-refractivity contribution in [2.24, 2.45) is 5.41 Å². The van der Waals surface area contributed by atoms with Gasteiger partial charge in [0.1, 0.15) is 31.0 Å². The molecule has 13 heteroatoms. The minimum atomic E-state index is -0.935. The molecule has 1 aliphatic rings. The average Bonchev–Trinajstić information content (AvgIpc) is 3.95. The number of likely N-dealkylation sites (tertiary alicyclic amines) is 1. The summed E-state index contributed by atoms with van der Waals surface area (Å²) in [4.78, 5) is 61.5. The van der Waals surface area contributed by atoms with E-state index in [1.54, 1.807) is 30.5 Å². The minimum absolute atomic E-state index is 0.0102. The topological polar surface area (TPSA) is 150 Å². The third-order valence-electron chi connectivity index (χ3n) is 11.7. The van der Waals surface area contributed by atoms with Crippen molar-refractivity contribution in [1.82, 2.24) is 25.4 Å². The Morgan fingerprint density at radius 2 is 1.57 bits per heavy atom. The van der Waals surface area contributed by atoms with Crippen molar-refractivity contribution < 1.29 is 33.8 Å². The number of aliphatic hydroxyl groups is 1. The second-order valence-electron chi connectivity index (χ2n) is 17.8. The van der Waals surface area contributed by atoms with Crippen molar-refractivity contribution in [2.45, 2.75) is 85.0 Å². The van der Waals surface area contributed by atoms with E-state index in [1.807, 2.05) is 81.7 Å². The fourth-order valence-corrected chi connectivity index (χ4v) is 8.85. The lowest BCUT2D eigenvalue weighted by molar-refractivity contribution is -0.144. The third-order valence-corrected chi connectivity index (χ3v) is 12.7. The van der Waals surface area contributed by atoms with E-state index in [1.165, 1.54) is 26.5 Å². The van der Waals surface area contributed by atoms with E-state index < -0.39 is 35.6 Å². The molecule has 12 nitrogen and oxygen atoms in total. The highest BCUT2D eigenvalue weighted by Crippen LogP contribution is 2.35. The van der Waals surface area contributed by atoms with Gasteiger partial charge in [0.05, 0.1) is 28.7 Å². The van der Waals surface area contributed by atoms with Gasteiger partial charge in [0, 0.05) is 33.0 Å². The zero-order valence-corrected chi connectivity index (χ0v) is 40.2. The Bertz CT molecular complexity index is 2480. The van der Waals surface area contributed by atoms with Crippen LogP contribution in [0.5, 0.6) is 5.75 Å². The number of nitrogens with zero attached hydrogens (tertiary/aromatic N) is 3. The van der Waals surface area contributed by atoms with Crippen molar-refractivity contribution in [1.29, 1.82) is 0 Å². The number of aryl methyl sites for hydroxylation is 1. The molecule has 2 heterocycles. The van der Waals surface area contributed by atoms with Gasteiger partial charge >= 0.3 is 6.09 Å². The standard InChI is InChI=1S/C54H63N5O7S/c1-7-45(39-17-11-8-12-18-39)48(40-19-13-9-14-20-40)41-26-28-44(29-27-41)65-32-30-58(6)53(64)66-31-16-10-15-21-47(61)57-50(54(3,4)5)52(63)59-35-43(60)33-46(59)51(62)55-34-38-22-24-42(25-23-38)49-37(2)56-36-67-49/h8-14,16-20,22-29,36,43,46,50,60H,7,15,21,30-35H2,1-6H3,(H,55,62)(H,57,61)/b16-10?,48-45-/t43-,46+,50-/m1/s1. The van der Waals surface area contributed by atoms with Gasteiger partial charge < -0.3 is 35.0 Å². The molecule has 4 amide bonds. The van der Waals surface area contributed by atoms with E-state index in [2.05, 4.69) is 83.2 Å². The molecule has 67 heavy (non-hydrogen) atoms. The number of carbonyl (C=O) groups is 4. The minimum Gasteiger partial charge on any atom is -0.492 e. The molecule has 5 aromatic rings. The molecular weight excluding hydrogens is 863 g/mol. The van der Waals surface area contributed by atoms with E-state index >= 15 is 0 Å². The summed E-state index contributed by atoms with van der Waals surface area (Å²) >= 11 is 1.57. The summed E-state index contributed by atoms with van der Waals surface area (Å²) in [7, 11) is 1.64. The molecule has 1 saturated heterocycles. The number of aliphatic hydroxyl groups excluding tert-OH is 1. The number of thiazole rings is 1. The monoisotopic (exact) mass is 925 g/mol. The van der Waals surface area contributed by atoms with Crippen LogP contribution in [0.2, 0.25) is 0 Å². The van der Waals surface area contributed by atoms with Gasteiger partial charge in [-0.25, -0.2) is 9.78 Å². The zero-order valence-electron chi connectivity index (χ0n) is 39.4. The summed E-state index contributed by atoms with van der Waals surface area (Å²) in [5.74, 6) is -0.437. The van der Waals surface area contributed by atoms with Crippen LogP contribution < -0.4 is 15.4 Å². The lowest BCUT2D eigenvalue weighted by Crippen LogP contribution is -2.57. The molecule has 1 aliphatic heterocycles. The maximum atomic E-state index is 14.0. The van der Waals surface area contributed by atoms with Gasteiger partial charge in [-0.15, -0.1) is 11.3 Å². The molecule has 6 rings (SSSR count). The molecule has 0 saturated carbocycles. The Labute approximate surface area is 398 Å². The molecule has 352 valence electrons. The first-order valence-electron chi connectivity index (χ1n) is 22.9. The molecule has 1 aromatic heterocycles. The number of carbonyl (C=O) groups excluding carboxylic acids is 4. The van der Waals surface area contributed by atoms with Gasteiger partial charge in [-0.1, -0.05) is 137 Å². The van der Waals surface area contributed by atoms with E-state index in [4.69, 9.17) is 9.47 Å². The van der Waals surface area contributed by atoms with Crippen LogP contribution in [-0.4, -0.2) is 95.2 Å². The van der Waals surface area contributed by atoms with Crippen LogP contribution >= 0.6 is 11.3 Å². The number of likely N-dealkylation sites (N-methyl/N-ethyl adjacent to an activating group) is 1. The predicted molar refractivity (Wildman–Crippen MR) is 265 cm³/mol. The van der Waals surface area contributed by atoms with Gasteiger partial charge in [-0.2, -0.15) is 0 Å². The van der Waals surface area contributed by atoms with Gasteiger partial charge in [0.25, 0.3) is 0 Å². The number of nitrogens with one attached hydrogen (secondary N) is 2. The van der Waals surface area contributed by atoms with Crippen LogP contribution in [0, 0.1) is 12.3 Å². The molecule has 0 aliphatic carbocycles. The van der Waals surface area contributed by atoms with Gasteiger partial charge in [-0.05, 0) is 76.3 Å². The second-order valence-corrected chi connectivity index (χ2v) is 18.6. The number of hydrogen-bond acceptors (Lipinski definition) is 9. The fourth-order valence-electron chi connectivity index (χ4n) is 8.04. The quantitative estimate of drug-likeness (QED) is 0.0549. The fraction of sp³-hybridized carbons (Fsp3) is 0.352. The summed E-state index contributed by atoms with van der Waals surface area (Å²) in [6.45, 7) is 10.5. The molecule has 3 atom stereocenters. The number of hydrogen-bond donors (Lipinski definition) is 3. The summed E-state index contributed by atoms with van der Waals surface area (Å²) in [6, 6.07) is 34.9. The summed E-state index contributed by atoms with van der Waals surface area (Å²) < 4.78 is 11.4. The normalized spacial score (nSPS) is 15.7. The Morgan fingerprint density at radius 3 is 2.19 bits per heavy atom. The Kier molecular flexibility index (Phi) is 17.7. The Hall–Kier alpha value is -6.57. The van der Waals surface area contributed by atoms with Crippen LogP contribution in [0.3, 0.4) is 0 Å². The Morgan fingerprint density at radius 1 is 0.910 bits per heavy atom. The van der Waals surface area contributed by atoms with Crippen molar-refractivity contribution in [3.63, 3.8) is 0 Å². The van der Waals surface area contributed by atoms with Crippen molar-refractivity contribution in [3.8, 4) is 16.2 Å². The van der Waals surface area contributed by atoms with Crippen molar-refractivity contribution >= 4 is 46.3 Å². The van der Waals surface area contributed by atoms with Gasteiger partial charge in [0.15, 0.2) is 0 Å². The first-order valence-corrected chi connectivity index (χ1v) is 23.8. The van der Waals surface area contributed by atoms with Crippen molar-refractivity contribution in [3.05, 3.63) is 155 Å².